The number of benzene rings is 1. The molecule has 2 aromatic rings. The monoisotopic (exact) mass is 272 g/mol. The van der Waals surface area contributed by atoms with Crippen molar-refractivity contribution in [3.8, 4) is 5.75 Å². The Morgan fingerprint density at radius 3 is 2.55 bits per heavy atom. The van der Waals surface area contributed by atoms with Gasteiger partial charge in [-0.25, -0.2) is 9.97 Å². The summed E-state index contributed by atoms with van der Waals surface area (Å²) in [4.78, 5) is 22.0. The molecule has 0 aliphatic carbocycles. The highest BCUT2D eigenvalue weighted by Crippen LogP contribution is 2.17. The minimum atomic E-state index is -0.261. The standard InChI is InChI=1S/C14H16N4O2/c1-18(2)14-15-8-10(9-16-14)13(19)17-11-5-4-6-12(7-11)20-3/h4-9H,1-3H3,(H,17,19). The predicted octanol–water partition coefficient (Wildman–Crippen LogP) is 1.80. The Hall–Kier alpha value is -2.63. The average molecular weight is 272 g/mol. The molecule has 6 heteroatoms. The third-order valence-electron chi connectivity index (χ3n) is 2.63. The summed E-state index contributed by atoms with van der Waals surface area (Å²) < 4.78 is 5.10. The van der Waals surface area contributed by atoms with Gasteiger partial charge in [-0.05, 0) is 12.1 Å². The van der Waals surface area contributed by atoms with E-state index in [1.807, 2.05) is 20.2 Å². The van der Waals surface area contributed by atoms with Crippen molar-refractivity contribution in [2.75, 3.05) is 31.4 Å². The lowest BCUT2D eigenvalue weighted by Crippen LogP contribution is -2.16. The van der Waals surface area contributed by atoms with Crippen molar-refractivity contribution in [1.29, 1.82) is 0 Å². The fraction of sp³-hybridized carbons (Fsp3) is 0.214. The number of ether oxygens (including phenoxy) is 1. The zero-order valence-electron chi connectivity index (χ0n) is 11.6. The molecule has 0 radical (unpaired) electrons. The molecule has 0 saturated carbocycles. The van der Waals surface area contributed by atoms with E-state index in [4.69, 9.17) is 4.74 Å². The van der Waals surface area contributed by atoms with Crippen LogP contribution in [0.5, 0.6) is 5.75 Å². The molecule has 6 nitrogen and oxygen atoms in total. The minimum absolute atomic E-state index is 0.261. The highest BCUT2D eigenvalue weighted by atomic mass is 16.5. The number of hydrogen-bond donors (Lipinski definition) is 1. The molecular formula is C14H16N4O2. The molecule has 0 spiro atoms. The van der Waals surface area contributed by atoms with E-state index < -0.39 is 0 Å². The summed E-state index contributed by atoms with van der Waals surface area (Å²) in [5.41, 5.74) is 1.06. The fourth-order valence-corrected chi connectivity index (χ4v) is 1.57. The SMILES string of the molecule is COc1cccc(NC(=O)c2cnc(N(C)C)nc2)c1. The molecule has 1 heterocycles. The van der Waals surface area contributed by atoms with E-state index in [0.717, 1.165) is 0 Å². The predicted molar refractivity (Wildman–Crippen MR) is 77.3 cm³/mol. The second kappa shape index (κ2) is 6.01. The second-order valence-electron chi connectivity index (χ2n) is 4.35. The second-order valence-corrected chi connectivity index (χ2v) is 4.35. The molecule has 0 atom stereocenters. The quantitative estimate of drug-likeness (QED) is 0.919. The van der Waals surface area contributed by atoms with Crippen molar-refractivity contribution in [2.45, 2.75) is 0 Å². The van der Waals surface area contributed by atoms with Crippen LogP contribution in [0.4, 0.5) is 11.6 Å². The van der Waals surface area contributed by atoms with Crippen LogP contribution >= 0.6 is 0 Å². The van der Waals surface area contributed by atoms with Crippen LogP contribution in [-0.4, -0.2) is 37.1 Å². The summed E-state index contributed by atoms with van der Waals surface area (Å²) >= 11 is 0. The van der Waals surface area contributed by atoms with Crippen molar-refractivity contribution in [1.82, 2.24) is 9.97 Å². The van der Waals surface area contributed by atoms with Gasteiger partial charge in [-0.15, -0.1) is 0 Å². The molecule has 1 aromatic carbocycles. The van der Waals surface area contributed by atoms with Crippen LogP contribution in [0.15, 0.2) is 36.7 Å². The molecule has 0 fully saturated rings. The maximum Gasteiger partial charge on any atom is 0.258 e. The van der Waals surface area contributed by atoms with E-state index in [-0.39, 0.29) is 5.91 Å². The lowest BCUT2D eigenvalue weighted by molar-refractivity contribution is 0.102. The summed E-state index contributed by atoms with van der Waals surface area (Å²) in [7, 11) is 5.26. The zero-order chi connectivity index (χ0) is 14.5. The minimum Gasteiger partial charge on any atom is -0.497 e. The van der Waals surface area contributed by atoms with Crippen LogP contribution in [0.2, 0.25) is 0 Å². The van der Waals surface area contributed by atoms with Gasteiger partial charge >= 0.3 is 0 Å². The maximum atomic E-state index is 12.0. The fourth-order valence-electron chi connectivity index (χ4n) is 1.57. The van der Waals surface area contributed by atoms with Crippen LogP contribution in [0.25, 0.3) is 0 Å². The number of carbonyl (C=O) groups is 1. The number of nitrogens with zero attached hydrogens (tertiary/aromatic N) is 3. The molecular weight excluding hydrogens is 256 g/mol. The van der Waals surface area contributed by atoms with E-state index in [9.17, 15) is 4.79 Å². The Kier molecular flexibility index (Phi) is 4.14. The van der Waals surface area contributed by atoms with Gasteiger partial charge in [0.15, 0.2) is 0 Å². The van der Waals surface area contributed by atoms with Crippen LogP contribution in [0.3, 0.4) is 0 Å². The number of rotatable bonds is 4. The first-order valence-corrected chi connectivity index (χ1v) is 6.05. The third kappa shape index (κ3) is 3.23. The Labute approximate surface area is 117 Å². The van der Waals surface area contributed by atoms with Gasteiger partial charge in [-0.1, -0.05) is 6.07 Å². The van der Waals surface area contributed by atoms with E-state index in [0.29, 0.717) is 22.9 Å². The molecule has 104 valence electrons. The summed E-state index contributed by atoms with van der Waals surface area (Å²) in [6.45, 7) is 0. The van der Waals surface area contributed by atoms with Gasteiger partial charge in [-0.2, -0.15) is 0 Å². The van der Waals surface area contributed by atoms with E-state index in [1.165, 1.54) is 12.4 Å². The van der Waals surface area contributed by atoms with Crippen LogP contribution < -0.4 is 15.0 Å². The van der Waals surface area contributed by atoms with Gasteiger partial charge in [0.05, 0.1) is 12.7 Å². The molecule has 0 saturated heterocycles. The van der Waals surface area contributed by atoms with Crippen LogP contribution in [-0.2, 0) is 0 Å². The summed E-state index contributed by atoms with van der Waals surface area (Å²) in [6.07, 6.45) is 3.00. The molecule has 0 aliphatic rings. The summed E-state index contributed by atoms with van der Waals surface area (Å²) in [6, 6.07) is 7.15. The first kappa shape index (κ1) is 13.8. The van der Waals surface area contributed by atoms with E-state index in [2.05, 4.69) is 15.3 Å². The van der Waals surface area contributed by atoms with E-state index in [1.54, 1.807) is 30.2 Å². The zero-order valence-corrected chi connectivity index (χ0v) is 11.6. The maximum absolute atomic E-state index is 12.0. The van der Waals surface area contributed by atoms with Gasteiger partial charge in [0, 0.05) is 38.2 Å². The van der Waals surface area contributed by atoms with E-state index >= 15 is 0 Å². The van der Waals surface area contributed by atoms with Crippen LogP contribution in [0.1, 0.15) is 10.4 Å². The van der Waals surface area contributed by atoms with Gasteiger partial charge in [0.2, 0.25) is 5.95 Å². The Bertz CT molecular complexity index is 596. The largest absolute Gasteiger partial charge is 0.497 e. The molecule has 0 aliphatic heterocycles. The van der Waals surface area contributed by atoms with Crippen LogP contribution in [0, 0.1) is 0 Å². The summed E-state index contributed by atoms with van der Waals surface area (Å²) in [5, 5.41) is 2.77. The lowest BCUT2D eigenvalue weighted by atomic mass is 10.2. The number of hydrogen-bond acceptors (Lipinski definition) is 5. The van der Waals surface area contributed by atoms with Gasteiger partial charge in [0.1, 0.15) is 5.75 Å². The average Bonchev–Trinajstić information content (AvgIpc) is 2.47. The normalized spacial score (nSPS) is 9.95. The number of amides is 1. The lowest BCUT2D eigenvalue weighted by Gasteiger charge is -2.10. The topological polar surface area (TPSA) is 67.3 Å². The third-order valence-corrected chi connectivity index (χ3v) is 2.63. The van der Waals surface area contributed by atoms with Gasteiger partial charge in [-0.3, -0.25) is 4.79 Å². The molecule has 1 amide bonds. The number of nitrogens with one attached hydrogen (secondary N) is 1. The van der Waals surface area contributed by atoms with Gasteiger partial charge in [0.25, 0.3) is 5.91 Å². The Balaban J connectivity index is 2.11. The van der Waals surface area contributed by atoms with Crippen molar-refractivity contribution in [2.24, 2.45) is 0 Å². The number of anilines is 2. The first-order chi connectivity index (χ1) is 9.60. The molecule has 1 aromatic heterocycles. The smallest absolute Gasteiger partial charge is 0.258 e. The Morgan fingerprint density at radius 1 is 1.25 bits per heavy atom. The van der Waals surface area contributed by atoms with Crippen molar-refractivity contribution in [3.63, 3.8) is 0 Å². The van der Waals surface area contributed by atoms with Crippen molar-refractivity contribution < 1.29 is 9.53 Å². The molecule has 20 heavy (non-hydrogen) atoms. The Morgan fingerprint density at radius 2 is 1.95 bits per heavy atom. The highest BCUT2D eigenvalue weighted by Gasteiger charge is 2.08. The summed E-state index contributed by atoms with van der Waals surface area (Å²) in [5.74, 6) is 0.980. The molecule has 2 rings (SSSR count). The number of methoxy groups -OCH3 is 1. The highest BCUT2D eigenvalue weighted by molar-refractivity contribution is 6.03. The van der Waals surface area contributed by atoms with Crippen molar-refractivity contribution in [3.05, 3.63) is 42.2 Å². The first-order valence-electron chi connectivity index (χ1n) is 6.05. The number of carbonyl (C=O) groups excluding carboxylic acids is 1. The molecule has 0 bridgehead atoms. The molecule has 1 N–H and O–H groups in total. The number of aromatic nitrogens is 2. The van der Waals surface area contributed by atoms with Gasteiger partial charge < -0.3 is 15.0 Å². The molecule has 0 unspecified atom stereocenters. The van der Waals surface area contributed by atoms with Crippen molar-refractivity contribution >= 4 is 17.5 Å².